The highest BCUT2D eigenvalue weighted by Crippen LogP contribution is 2.24. The molecule has 0 saturated heterocycles. The Hall–Kier alpha value is -1.77. The van der Waals surface area contributed by atoms with Gasteiger partial charge in [0.25, 0.3) is 5.91 Å². The van der Waals surface area contributed by atoms with E-state index in [1.54, 1.807) is 0 Å². The van der Waals surface area contributed by atoms with Crippen LogP contribution in [-0.4, -0.2) is 29.4 Å². The Morgan fingerprint density at radius 3 is 2.74 bits per heavy atom. The van der Waals surface area contributed by atoms with Crippen molar-refractivity contribution >= 4 is 16.8 Å². The lowest BCUT2D eigenvalue weighted by Gasteiger charge is -2.17. The number of nitrogens with zero attached hydrogens (tertiary/aromatic N) is 1. The van der Waals surface area contributed by atoms with E-state index >= 15 is 0 Å². The number of nitrogens with one attached hydrogen (secondary N) is 1. The van der Waals surface area contributed by atoms with Gasteiger partial charge >= 0.3 is 0 Å². The van der Waals surface area contributed by atoms with Crippen molar-refractivity contribution in [3.8, 4) is 0 Å². The molecule has 1 aromatic carbocycles. The van der Waals surface area contributed by atoms with Gasteiger partial charge in [-0.25, -0.2) is 0 Å². The van der Waals surface area contributed by atoms with E-state index in [9.17, 15) is 4.79 Å². The third-order valence-corrected chi connectivity index (χ3v) is 3.55. The van der Waals surface area contributed by atoms with Gasteiger partial charge in [0, 0.05) is 30.2 Å². The van der Waals surface area contributed by atoms with E-state index in [2.05, 4.69) is 31.0 Å². The number of carbonyl (C=O) groups is 1. The molecule has 0 fully saturated rings. The molecule has 0 aliphatic carbocycles. The second-order valence-electron chi connectivity index (χ2n) is 5.25. The summed E-state index contributed by atoms with van der Waals surface area (Å²) >= 11 is 0. The van der Waals surface area contributed by atoms with Gasteiger partial charge in [-0.05, 0) is 32.4 Å². The summed E-state index contributed by atoms with van der Waals surface area (Å²) in [7, 11) is 1.88. The normalized spacial score (nSPS) is 10.9. The summed E-state index contributed by atoms with van der Waals surface area (Å²) in [5.41, 5.74) is 3.98. The topological polar surface area (TPSA) is 36.1 Å². The van der Waals surface area contributed by atoms with Gasteiger partial charge in [0.2, 0.25) is 0 Å². The van der Waals surface area contributed by atoms with Crippen molar-refractivity contribution in [1.29, 1.82) is 0 Å². The van der Waals surface area contributed by atoms with E-state index in [-0.39, 0.29) is 5.91 Å². The van der Waals surface area contributed by atoms with Gasteiger partial charge in [0.15, 0.2) is 0 Å². The van der Waals surface area contributed by atoms with E-state index in [1.807, 2.05) is 24.9 Å². The Morgan fingerprint density at radius 2 is 2.05 bits per heavy atom. The molecule has 0 aliphatic heterocycles. The molecule has 1 N–H and O–H groups in total. The number of unbranched alkanes of at least 4 members (excludes halogenated alkanes) is 1. The first-order valence-corrected chi connectivity index (χ1v) is 6.89. The van der Waals surface area contributed by atoms with Crippen LogP contribution >= 0.6 is 0 Å². The summed E-state index contributed by atoms with van der Waals surface area (Å²) < 4.78 is 0. The monoisotopic (exact) mass is 258 g/mol. The van der Waals surface area contributed by atoms with Crippen LogP contribution in [0.5, 0.6) is 0 Å². The molecule has 1 heterocycles. The summed E-state index contributed by atoms with van der Waals surface area (Å²) in [5, 5.41) is 1.03. The number of hydrogen-bond acceptors (Lipinski definition) is 1. The Balaban J connectivity index is 2.41. The lowest BCUT2D eigenvalue weighted by molar-refractivity contribution is 0.0794. The molecule has 0 saturated carbocycles. The molecule has 0 atom stereocenters. The molecule has 0 unspecified atom stereocenters. The summed E-state index contributed by atoms with van der Waals surface area (Å²) in [6.45, 7) is 6.97. The Morgan fingerprint density at radius 1 is 1.32 bits per heavy atom. The van der Waals surface area contributed by atoms with Crippen molar-refractivity contribution in [2.75, 3.05) is 13.6 Å². The summed E-state index contributed by atoms with van der Waals surface area (Å²) in [6.07, 6.45) is 2.15. The Labute approximate surface area is 114 Å². The average molecular weight is 258 g/mol. The zero-order valence-corrected chi connectivity index (χ0v) is 12.2. The maximum absolute atomic E-state index is 12.6. The molecule has 0 spiro atoms. The maximum Gasteiger partial charge on any atom is 0.256 e. The fraction of sp³-hybridized carbons (Fsp3) is 0.438. The minimum absolute atomic E-state index is 0.114. The van der Waals surface area contributed by atoms with Gasteiger partial charge in [0.1, 0.15) is 0 Å². The van der Waals surface area contributed by atoms with Crippen LogP contribution in [0.1, 0.15) is 41.4 Å². The SMILES string of the molecule is CCCCN(C)C(=O)c1c(C)[nH]c2ccc(C)cc12. The minimum Gasteiger partial charge on any atom is -0.358 e. The fourth-order valence-electron chi connectivity index (χ4n) is 2.40. The molecule has 0 aliphatic rings. The molecule has 1 amide bonds. The summed E-state index contributed by atoms with van der Waals surface area (Å²) in [6, 6.07) is 6.19. The number of hydrogen-bond donors (Lipinski definition) is 1. The average Bonchev–Trinajstić information content (AvgIpc) is 2.70. The first-order chi connectivity index (χ1) is 9.04. The van der Waals surface area contributed by atoms with Gasteiger partial charge in [0.05, 0.1) is 5.56 Å². The van der Waals surface area contributed by atoms with Gasteiger partial charge in [-0.3, -0.25) is 4.79 Å². The number of H-pyrrole nitrogens is 1. The lowest BCUT2D eigenvalue weighted by atomic mass is 10.1. The van der Waals surface area contributed by atoms with E-state index in [1.165, 1.54) is 5.56 Å². The highest BCUT2D eigenvalue weighted by molar-refractivity contribution is 6.08. The number of aromatic amines is 1. The van der Waals surface area contributed by atoms with Crippen molar-refractivity contribution in [3.63, 3.8) is 0 Å². The van der Waals surface area contributed by atoms with Gasteiger partial charge in [-0.15, -0.1) is 0 Å². The molecule has 0 radical (unpaired) electrons. The molecule has 3 heteroatoms. The molecule has 0 bridgehead atoms. The molecule has 2 aromatic rings. The first kappa shape index (κ1) is 13.7. The van der Waals surface area contributed by atoms with Gasteiger partial charge < -0.3 is 9.88 Å². The largest absolute Gasteiger partial charge is 0.358 e. The number of carbonyl (C=O) groups excluding carboxylic acids is 1. The van der Waals surface area contributed by atoms with Gasteiger partial charge in [-0.2, -0.15) is 0 Å². The minimum atomic E-state index is 0.114. The predicted molar refractivity (Wildman–Crippen MR) is 79.6 cm³/mol. The number of rotatable bonds is 4. The zero-order valence-electron chi connectivity index (χ0n) is 12.2. The zero-order chi connectivity index (χ0) is 14.0. The van der Waals surface area contributed by atoms with Gasteiger partial charge in [-0.1, -0.05) is 25.0 Å². The smallest absolute Gasteiger partial charge is 0.256 e. The number of fused-ring (bicyclic) bond motifs is 1. The van der Waals surface area contributed by atoms with E-state index < -0.39 is 0 Å². The molecule has 102 valence electrons. The van der Waals surface area contributed by atoms with Crippen molar-refractivity contribution in [1.82, 2.24) is 9.88 Å². The number of aromatic nitrogens is 1. The van der Waals surface area contributed by atoms with E-state index in [4.69, 9.17) is 0 Å². The second-order valence-corrected chi connectivity index (χ2v) is 5.25. The van der Waals surface area contributed by atoms with Crippen molar-refractivity contribution < 1.29 is 4.79 Å². The van der Waals surface area contributed by atoms with Crippen LogP contribution in [-0.2, 0) is 0 Å². The summed E-state index contributed by atoms with van der Waals surface area (Å²) in [4.78, 5) is 17.7. The standard InChI is InChI=1S/C16H22N2O/c1-5-6-9-18(4)16(19)15-12(3)17-14-8-7-11(2)10-13(14)15/h7-8,10,17H,5-6,9H2,1-4H3. The number of benzene rings is 1. The molecule has 1 aromatic heterocycles. The summed E-state index contributed by atoms with van der Waals surface area (Å²) in [5.74, 6) is 0.114. The van der Waals surface area contributed by atoms with Crippen LogP contribution < -0.4 is 0 Å². The Kier molecular flexibility index (Phi) is 3.93. The third kappa shape index (κ3) is 2.65. The molecular weight excluding hydrogens is 236 g/mol. The van der Waals surface area contributed by atoms with Crippen molar-refractivity contribution in [2.45, 2.75) is 33.6 Å². The van der Waals surface area contributed by atoms with Crippen LogP contribution in [0.2, 0.25) is 0 Å². The molecule has 19 heavy (non-hydrogen) atoms. The van der Waals surface area contributed by atoms with Crippen molar-refractivity contribution in [2.24, 2.45) is 0 Å². The van der Waals surface area contributed by atoms with Crippen LogP contribution in [0.4, 0.5) is 0 Å². The Bertz CT molecular complexity index is 598. The molecular formula is C16H22N2O. The molecule has 2 rings (SSSR count). The van der Waals surface area contributed by atoms with Crippen LogP contribution in [0, 0.1) is 13.8 Å². The van der Waals surface area contributed by atoms with E-state index in [0.717, 1.165) is 41.5 Å². The van der Waals surface area contributed by atoms with Crippen molar-refractivity contribution in [3.05, 3.63) is 35.0 Å². The maximum atomic E-state index is 12.6. The first-order valence-electron chi connectivity index (χ1n) is 6.89. The van der Waals surface area contributed by atoms with Crippen LogP contribution in [0.3, 0.4) is 0 Å². The second kappa shape index (κ2) is 5.47. The lowest BCUT2D eigenvalue weighted by Crippen LogP contribution is -2.28. The quantitative estimate of drug-likeness (QED) is 0.892. The number of amides is 1. The fourth-order valence-corrected chi connectivity index (χ4v) is 2.40. The third-order valence-electron chi connectivity index (χ3n) is 3.55. The molecule has 3 nitrogen and oxygen atoms in total. The van der Waals surface area contributed by atoms with Crippen LogP contribution in [0.15, 0.2) is 18.2 Å². The highest BCUT2D eigenvalue weighted by atomic mass is 16.2. The van der Waals surface area contributed by atoms with E-state index in [0.29, 0.717) is 0 Å². The highest BCUT2D eigenvalue weighted by Gasteiger charge is 2.19. The number of aryl methyl sites for hydroxylation is 2. The van der Waals surface area contributed by atoms with Crippen LogP contribution in [0.25, 0.3) is 10.9 Å². The predicted octanol–water partition coefficient (Wildman–Crippen LogP) is 3.66.